The molecule has 1 fully saturated rings. The molecule has 2 aliphatic carbocycles. The third kappa shape index (κ3) is 2.76. The van der Waals surface area contributed by atoms with Gasteiger partial charge >= 0.3 is 0 Å². The van der Waals surface area contributed by atoms with Gasteiger partial charge in [-0.15, -0.1) is 0 Å². The zero-order valence-corrected chi connectivity index (χ0v) is 18.5. The van der Waals surface area contributed by atoms with Crippen molar-refractivity contribution in [1.82, 2.24) is 25.3 Å². The Morgan fingerprint density at radius 2 is 2.12 bits per heavy atom. The summed E-state index contributed by atoms with van der Waals surface area (Å²) >= 11 is 0. The summed E-state index contributed by atoms with van der Waals surface area (Å²) in [5, 5.41) is 3.22. The number of pyridine rings is 1. The first-order valence-electron chi connectivity index (χ1n) is 11.5. The van der Waals surface area contributed by atoms with Crippen LogP contribution in [-0.4, -0.2) is 50.4 Å². The molecule has 0 unspecified atom stereocenters. The number of rotatable bonds is 2. The number of hydrogen-bond donors (Lipinski definition) is 2. The Bertz CT molecular complexity index is 1420. The SMILES string of the molecule is C=CC(=O)N1CCOc2ncc(-c3ncc4c(n3)-c3[nH]c5c(c3CC4)C(=O)NC3(CC3)C5)cc21. The highest BCUT2D eigenvalue weighted by molar-refractivity contribution is 6.03. The fourth-order valence-corrected chi connectivity index (χ4v) is 5.36. The van der Waals surface area contributed by atoms with Gasteiger partial charge in [-0.25, -0.2) is 15.0 Å². The molecular formula is C25H22N6O3. The molecule has 4 aliphatic rings. The van der Waals surface area contributed by atoms with Crippen LogP contribution in [0.3, 0.4) is 0 Å². The zero-order chi connectivity index (χ0) is 23.0. The second-order valence-corrected chi connectivity index (χ2v) is 9.40. The molecule has 5 heterocycles. The monoisotopic (exact) mass is 454 g/mol. The molecule has 2 N–H and O–H groups in total. The molecule has 0 radical (unpaired) electrons. The smallest absolute Gasteiger partial charge is 0.253 e. The Kier molecular flexibility index (Phi) is 3.87. The summed E-state index contributed by atoms with van der Waals surface area (Å²) < 4.78 is 5.63. The lowest BCUT2D eigenvalue weighted by atomic mass is 9.89. The molecule has 7 rings (SSSR count). The normalized spacial score (nSPS) is 18.7. The number of carbonyl (C=O) groups excluding carboxylic acids is 2. The quantitative estimate of drug-likeness (QED) is 0.575. The van der Waals surface area contributed by atoms with E-state index in [4.69, 9.17) is 9.72 Å². The second-order valence-electron chi connectivity index (χ2n) is 9.40. The average Bonchev–Trinajstić information content (AvgIpc) is 3.48. The number of nitrogens with zero attached hydrogens (tertiary/aromatic N) is 4. The lowest BCUT2D eigenvalue weighted by Crippen LogP contribution is -2.43. The van der Waals surface area contributed by atoms with Gasteiger partial charge in [-0.3, -0.25) is 9.59 Å². The molecule has 9 heteroatoms. The number of nitrogens with one attached hydrogen (secondary N) is 2. The Morgan fingerprint density at radius 1 is 1.24 bits per heavy atom. The van der Waals surface area contributed by atoms with Gasteiger partial charge in [0, 0.05) is 35.6 Å². The number of aromatic amines is 1. The lowest BCUT2D eigenvalue weighted by Gasteiger charge is -2.28. The van der Waals surface area contributed by atoms with Crippen molar-refractivity contribution < 1.29 is 14.3 Å². The van der Waals surface area contributed by atoms with Crippen LogP contribution >= 0.6 is 0 Å². The molecule has 1 saturated carbocycles. The van der Waals surface area contributed by atoms with Crippen LogP contribution in [0.1, 0.15) is 40.0 Å². The fraction of sp³-hybridized carbons (Fsp3) is 0.320. The summed E-state index contributed by atoms with van der Waals surface area (Å²) in [5.74, 6) is 0.736. The molecule has 1 spiro atoms. The summed E-state index contributed by atoms with van der Waals surface area (Å²) in [6.45, 7) is 4.40. The topological polar surface area (TPSA) is 113 Å². The van der Waals surface area contributed by atoms with Crippen molar-refractivity contribution in [2.75, 3.05) is 18.1 Å². The molecule has 2 aliphatic heterocycles. The van der Waals surface area contributed by atoms with Gasteiger partial charge in [0.05, 0.1) is 23.5 Å². The highest BCUT2D eigenvalue weighted by Crippen LogP contribution is 2.45. The van der Waals surface area contributed by atoms with E-state index in [9.17, 15) is 9.59 Å². The number of aryl methyl sites for hydroxylation is 1. The second kappa shape index (κ2) is 6.75. The van der Waals surface area contributed by atoms with Crippen LogP contribution in [0.25, 0.3) is 22.8 Å². The number of amides is 2. The minimum absolute atomic E-state index is 0.0276. The van der Waals surface area contributed by atoms with E-state index in [0.717, 1.165) is 65.9 Å². The van der Waals surface area contributed by atoms with Crippen molar-refractivity contribution in [1.29, 1.82) is 0 Å². The molecule has 170 valence electrons. The van der Waals surface area contributed by atoms with Crippen LogP contribution in [0.5, 0.6) is 5.88 Å². The lowest BCUT2D eigenvalue weighted by molar-refractivity contribution is -0.114. The van der Waals surface area contributed by atoms with Crippen molar-refractivity contribution in [3.8, 4) is 28.7 Å². The summed E-state index contributed by atoms with van der Waals surface area (Å²) in [4.78, 5) is 44.3. The van der Waals surface area contributed by atoms with Gasteiger partial charge in [0.1, 0.15) is 12.3 Å². The first-order valence-corrected chi connectivity index (χ1v) is 11.5. The maximum atomic E-state index is 12.9. The maximum Gasteiger partial charge on any atom is 0.253 e. The molecule has 0 saturated heterocycles. The number of carbonyl (C=O) groups is 2. The first kappa shape index (κ1) is 19.5. The highest BCUT2D eigenvalue weighted by atomic mass is 16.5. The van der Waals surface area contributed by atoms with E-state index in [2.05, 4.69) is 26.8 Å². The van der Waals surface area contributed by atoms with Gasteiger partial charge in [-0.1, -0.05) is 6.58 Å². The number of hydrogen-bond acceptors (Lipinski definition) is 6. The van der Waals surface area contributed by atoms with Crippen molar-refractivity contribution in [3.05, 3.63) is 53.5 Å². The van der Waals surface area contributed by atoms with E-state index < -0.39 is 0 Å². The van der Waals surface area contributed by atoms with Gasteiger partial charge in [-0.05, 0) is 49.0 Å². The van der Waals surface area contributed by atoms with Gasteiger partial charge in [0.25, 0.3) is 11.8 Å². The fourth-order valence-electron chi connectivity index (χ4n) is 5.36. The first-order chi connectivity index (χ1) is 16.5. The minimum atomic E-state index is -0.205. The molecule has 2 amide bonds. The Morgan fingerprint density at radius 3 is 2.94 bits per heavy atom. The van der Waals surface area contributed by atoms with Crippen molar-refractivity contribution in [3.63, 3.8) is 0 Å². The van der Waals surface area contributed by atoms with Crippen LogP contribution < -0.4 is 15.0 Å². The number of aromatic nitrogens is 4. The number of fused-ring (bicyclic) bond motifs is 6. The van der Waals surface area contributed by atoms with Crippen LogP contribution in [0, 0.1) is 0 Å². The van der Waals surface area contributed by atoms with Crippen molar-refractivity contribution >= 4 is 17.5 Å². The number of H-pyrrole nitrogens is 1. The van der Waals surface area contributed by atoms with Gasteiger partial charge in [-0.2, -0.15) is 0 Å². The van der Waals surface area contributed by atoms with E-state index in [1.54, 1.807) is 11.1 Å². The van der Waals surface area contributed by atoms with Crippen LogP contribution in [0.2, 0.25) is 0 Å². The van der Waals surface area contributed by atoms with E-state index in [-0.39, 0.29) is 17.4 Å². The zero-order valence-electron chi connectivity index (χ0n) is 18.5. The van der Waals surface area contributed by atoms with E-state index in [0.29, 0.717) is 36.1 Å². The molecule has 0 aromatic carbocycles. The van der Waals surface area contributed by atoms with Gasteiger partial charge in [0.15, 0.2) is 5.82 Å². The molecule has 3 aromatic heterocycles. The third-order valence-electron chi connectivity index (χ3n) is 7.28. The number of anilines is 1. The molecule has 0 atom stereocenters. The van der Waals surface area contributed by atoms with Gasteiger partial charge in [0.2, 0.25) is 5.88 Å². The summed E-state index contributed by atoms with van der Waals surface area (Å²) in [6.07, 6.45) is 9.28. The summed E-state index contributed by atoms with van der Waals surface area (Å²) in [5.41, 5.74) is 6.86. The van der Waals surface area contributed by atoms with Crippen molar-refractivity contribution in [2.45, 2.75) is 37.6 Å². The number of ether oxygens (including phenoxy) is 1. The summed E-state index contributed by atoms with van der Waals surface area (Å²) in [6, 6.07) is 1.83. The Labute approximate surface area is 195 Å². The largest absolute Gasteiger partial charge is 0.474 e. The molecule has 3 aromatic rings. The molecule has 0 bridgehead atoms. The van der Waals surface area contributed by atoms with E-state index in [1.807, 2.05) is 12.3 Å². The van der Waals surface area contributed by atoms with Crippen LogP contribution in [0.15, 0.2) is 31.1 Å². The van der Waals surface area contributed by atoms with Crippen molar-refractivity contribution in [2.24, 2.45) is 0 Å². The van der Waals surface area contributed by atoms with Crippen LogP contribution in [0.4, 0.5) is 5.69 Å². The van der Waals surface area contributed by atoms with Gasteiger partial charge < -0.3 is 19.9 Å². The predicted octanol–water partition coefficient (Wildman–Crippen LogP) is 2.36. The predicted molar refractivity (Wildman–Crippen MR) is 124 cm³/mol. The standard InChI is InChI=1S/C25H22N6O3/c1-2-18(32)31-7-8-34-24-17(31)9-14(12-27-24)22-26-11-13-3-4-15-19-16(28-21(15)20(13)29-22)10-25(5-6-25)30-23(19)33/h2,9,11-12,28H,1,3-8,10H2,(H,30,33). The maximum absolute atomic E-state index is 12.9. The third-order valence-corrected chi connectivity index (χ3v) is 7.28. The van der Waals surface area contributed by atoms with Crippen LogP contribution in [-0.2, 0) is 24.1 Å². The van der Waals surface area contributed by atoms with E-state index >= 15 is 0 Å². The molecule has 34 heavy (non-hydrogen) atoms. The molecular weight excluding hydrogens is 432 g/mol. The molecule has 9 nitrogen and oxygen atoms in total. The highest BCUT2D eigenvalue weighted by Gasteiger charge is 2.49. The Balaban J connectivity index is 1.32. The summed E-state index contributed by atoms with van der Waals surface area (Å²) in [7, 11) is 0. The minimum Gasteiger partial charge on any atom is -0.474 e. The van der Waals surface area contributed by atoms with E-state index in [1.165, 1.54) is 6.08 Å². The average molecular weight is 454 g/mol. The Hall–Kier alpha value is -4.01.